The molecule has 7 heteroatoms. The van der Waals surface area contributed by atoms with Crippen molar-refractivity contribution in [3.63, 3.8) is 0 Å². The van der Waals surface area contributed by atoms with Gasteiger partial charge < -0.3 is 14.6 Å². The first-order valence-corrected chi connectivity index (χ1v) is 10.2. The number of benzene rings is 1. The molecule has 1 amide bonds. The number of carbonyl (C=O) groups is 2. The molecule has 154 valence electrons. The van der Waals surface area contributed by atoms with Gasteiger partial charge in [-0.05, 0) is 31.4 Å². The zero-order valence-corrected chi connectivity index (χ0v) is 16.7. The molecule has 3 heterocycles. The van der Waals surface area contributed by atoms with Gasteiger partial charge in [-0.2, -0.15) is 0 Å². The Hall–Kier alpha value is -3.48. The normalized spacial score (nSPS) is 13.2. The average Bonchev–Trinajstić information content (AvgIpc) is 2.98. The van der Waals surface area contributed by atoms with Crippen LogP contribution in [0, 0.1) is 0 Å². The molecular formula is C23H24N4O3. The third kappa shape index (κ3) is 4.40. The lowest BCUT2D eigenvalue weighted by atomic mass is 10.1. The van der Waals surface area contributed by atoms with E-state index < -0.39 is 5.97 Å². The summed E-state index contributed by atoms with van der Waals surface area (Å²) in [6.07, 6.45) is 7.16. The fourth-order valence-electron chi connectivity index (χ4n) is 3.67. The van der Waals surface area contributed by atoms with Gasteiger partial charge in [0, 0.05) is 30.1 Å². The zero-order chi connectivity index (χ0) is 20.8. The number of esters is 1. The number of imidazole rings is 1. The Morgan fingerprint density at radius 1 is 1.03 bits per heavy atom. The monoisotopic (exact) mass is 404 g/mol. The van der Waals surface area contributed by atoms with Crippen LogP contribution < -0.4 is 5.32 Å². The van der Waals surface area contributed by atoms with E-state index in [9.17, 15) is 9.59 Å². The Morgan fingerprint density at radius 3 is 2.63 bits per heavy atom. The Bertz CT molecular complexity index is 1020. The Balaban J connectivity index is 1.43. The number of amides is 1. The molecule has 30 heavy (non-hydrogen) atoms. The van der Waals surface area contributed by atoms with Crippen molar-refractivity contribution < 1.29 is 14.3 Å². The molecule has 7 nitrogen and oxygen atoms in total. The molecule has 0 saturated carbocycles. The summed E-state index contributed by atoms with van der Waals surface area (Å²) in [5, 5.41) is 2.74. The van der Waals surface area contributed by atoms with E-state index in [1.165, 1.54) is 0 Å². The van der Waals surface area contributed by atoms with Gasteiger partial charge in [-0.1, -0.05) is 36.8 Å². The number of nitrogens with one attached hydrogen (secondary N) is 1. The SMILES string of the molecule is O=C(NCCOC(=O)c1nc(-c2ccccc2)n2c1CCCCC2)c1ccncc1. The standard InChI is InChI=1S/C23H24N4O3/c28-22(18-10-12-24-13-11-18)25-14-16-30-23(29)20-19-9-5-2-6-15-27(19)21(26-20)17-7-3-1-4-8-17/h1,3-4,7-8,10-13H,2,5-6,9,14-16H2,(H,25,28). The quantitative estimate of drug-likeness (QED) is 0.503. The number of hydrogen-bond acceptors (Lipinski definition) is 5. The van der Waals surface area contributed by atoms with Gasteiger partial charge in [0.05, 0.1) is 12.2 Å². The first-order valence-electron chi connectivity index (χ1n) is 10.2. The summed E-state index contributed by atoms with van der Waals surface area (Å²) in [5.41, 5.74) is 2.83. The molecule has 1 aliphatic heterocycles. The van der Waals surface area contributed by atoms with E-state index in [1.807, 2.05) is 30.3 Å². The van der Waals surface area contributed by atoms with Gasteiger partial charge in [0.1, 0.15) is 12.4 Å². The van der Waals surface area contributed by atoms with E-state index >= 15 is 0 Å². The van der Waals surface area contributed by atoms with Crippen LogP contribution in [-0.4, -0.2) is 39.6 Å². The minimum absolute atomic E-state index is 0.0859. The third-order valence-corrected chi connectivity index (χ3v) is 5.16. The van der Waals surface area contributed by atoms with E-state index in [4.69, 9.17) is 4.74 Å². The number of ether oxygens (including phenoxy) is 1. The van der Waals surface area contributed by atoms with E-state index in [1.54, 1.807) is 24.5 Å². The van der Waals surface area contributed by atoms with Gasteiger partial charge in [0.25, 0.3) is 5.91 Å². The zero-order valence-electron chi connectivity index (χ0n) is 16.7. The topological polar surface area (TPSA) is 86.1 Å². The Labute approximate surface area is 175 Å². The lowest BCUT2D eigenvalue weighted by Gasteiger charge is -2.09. The highest BCUT2D eigenvalue weighted by Gasteiger charge is 2.25. The highest BCUT2D eigenvalue weighted by Crippen LogP contribution is 2.27. The summed E-state index contributed by atoms with van der Waals surface area (Å²) in [6, 6.07) is 13.2. The summed E-state index contributed by atoms with van der Waals surface area (Å²) in [7, 11) is 0. The molecule has 1 N–H and O–H groups in total. The van der Waals surface area contributed by atoms with Gasteiger partial charge in [-0.3, -0.25) is 9.78 Å². The number of nitrogens with zero attached hydrogens (tertiary/aromatic N) is 3. The predicted molar refractivity (Wildman–Crippen MR) is 112 cm³/mol. The molecule has 0 atom stereocenters. The van der Waals surface area contributed by atoms with E-state index in [-0.39, 0.29) is 19.1 Å². The number of pyridine rings is 1. The van der Waals surface area contributed by atoms with Crippen LogP contribution in [0.25, 0.3) is 11.4 Å². The second-order valence-electron chi connectivity index (χ2n) is 7.19. The van der Waals surface area contributed by atoms with Gasteiger partial charge in [0.15, 0.2) is 5.69 Å². The molecule has 0 aliphatic carbocycles. The second kappa shape index (κ2) is 9.35. The molecule has 3 aromatic rings. The molecule has 0 spiro atoms. The highest BCUT2D eigenvalue weighted by molar-refractivity contribution is 5.94. The second-order valence-corrected chi connectivity index (χ2v) is 7.19. The smallest absolute Gasteiger partial charge is 0.358 e. The molecule has 1 aliphatic rings. The highest BCUT2D eigenvalue weighted by atomic mass is 16.5. The minimum atomic E-state index is -0.444. The number of rotatable bonds is 6. The van der Waals surface area contributed by atoms with Crippen molar-refractivity contribution in [1.82, 2.24) is 19.9 Å². The van der Waals surface area contributed by atoms with Crippen molar-refractivity contribution in [1.29, 1.82) is 0 Å². The van der Waals surface area contributed by atoms with Crippen molar-refractivity contribution in [2.45, 2.75) is 32.2 Å². The maximum absolute atomic E-state index is 12.8. The Kier molecular flexibility index (Phi) is 6.17. The molecule has 0 radical (unpaired) electrons. The van der Waals surface area contributed by atoms with Crippen LogP contribution in [0.3, 0.4) is 0 Å². The maximum Gasteiger partial charge on any atom is 0.358 e. The minimum Gasteiger partial charge on any atom is -0.459 e. The lowest BCUT2D eigenvalue weighted by Crippen LogP contribution is -2.28. The van der Waals surface area contributed by atoms with Crippen LogP contribution in [-0.2, 0) is 17.7 Å². The van der Waals surface area contributed by atoms with E-state index in [2.05, 4.69) is 19.9 Å². The van der Waals surface area contributed by atoms with Crippen molar-refractivity contribution in [3.05, 3.63) is 71.8 Å². The van der Waals surface area contributed by atoms with Gasteiger partial charge in [-0.15, -0.1) is 0 Å². The molecular weight excluding hydrogens is 380 g/mol. The van der Waals surface area contributed by atoms with Crippen molar-refractivity contribution >= 4 is 11.9 Å². The van der Waals surface area contributed by atoms with Gasteiger partial charge >= 0.3 is 5.97 Å². The largest absolute Gasteiger partial charge is 0.459 e. The number of fused-ring (bicyclic) bond motifs is 1. The van der Waals surface area contributed by atoms with Crippen molar-refractivity contribution in [3.8, 4) is 11.4 Å². The lowest BCUT2D eigenvalue weighted by molar-refractivity contribution is 0.0495. The summed E-state index contributed by atoms with van der Waals surface area (Å²) in [4.78, 5) is 33.4. The van der Waals surface area contributed by atoms with Crippen LogP contribution in [0.1, 0.15) is 45.8 Å². The predicted octanol–water partition coefficient (Wildman–Crippen LogP) is 3.26. The molecule has 4 rings (SSSR count). The average molecular weight is 404 g/mol. The van der Waals surface area contributed by atoms with Crippen LogP contribution in [0.5, 0.6) is 0 Å². The molecule has 0 unspecified atom stereocenters. The molecule has 2 aromatic heterocycles. The van der Waals surface area contributed by atoms with Gasteiger partial charge in [-0.25, -0.2) is 9.78 Å². The van der Waals surface area contributed by atoms with Crippen LogP contribution >= 0.6 is 0 Å². The van der Waals surface area contributed by atoms with Crippen molar-refractivity contribution in [2.24, 2.45) is 0 Å². The fraction of sp³-hybridized carbons (Fsp3) is 0.304. The van der Waals surface area contributed by atoms with Crippen LogP contribution in [0.4, 0.5) is 0 Å². The summed E-state index contributed by atoms with van der Waals surface area (Å²) in [5.74, 6) is 0.141. The van der Waals surface area contributed by atoms with Crippen LogP contribution in [0.15, 0.2) is 54.9 Å². The maximum atomic E-state index is 12.8. The van der Waals surface area contributed by atoms with Crippen LogP contribution in [0.2, 0.25) is 0 Å². The number of aromatic nitrogens is 3. The first kappa shape index (κ1) is 19.8. The Morgan fingerprint density at radius 2 is 1.83 bits per heavy atom. The van der Waals surface area contributed by atoms with E-state index in [0.717, 1.165) is 49.3 Å². The van der Waals surface area contributed by atoms with Crippen molar-refractivity contribution in [2.75, 3.05) is 13.2 Å². The number of carbonyl (C=O) groups excluding carboxylic acids is 2. The van der Waals surface area contributed by atoms with Gasteiger partial charge in [0.2, 0.25) is 0 Å². The number of hydrogen-bond donors (Lipinski definition) is 1. The first-order chi connectivity index (χ1) is 14.7. The molecule has 0 bridgehead atoms. The molecule has 0 saturated heterocycles. The summed E-state index contributed by atoms with van der Waals surface area (Å²) < 4.78 is 7.59. The third-order valence-electron chi connectivity index (χ3n) is 5.16. The molecule has 0 fully saturated rings. The van der Waals surface area contributed by atoms with E-state index in [0.29, 0.717) is 11.3 Å². The summed E-state index contributed by atoms with van der Waals surface area (Å²) >= 11 is 0. The fourth-order valence-corrected chi connectivity index (χ4v) is 3.67. The molecule has 1 aromatic carbocycles. The summed E-state index contributed by atoms with van der Waals surface area (Å²) in [6.45, 7) is 1.17.